The van der Waals surface area contributed by atoms with E-state index in [4.69, 9.17) is 16.9 Å². The van der Waals surface area contributed by atoms with Crippen molar-refractivity contribution in [1.29, 1.82) is 5.26 Å². The average Bonchev–Trinajstić information content (AvgIpc) is 1.61. The van der Waals surface area contributed by atoms with Gasteiger partial charge in [-0.2, -0.15) is 5.26 Å². The Labute approximate surface area is 41.8 Å². The summed E-state index contributed by atoms with van der Waals surface area (Å²) in [5, 5.41) is 7.84. The van der Waals surface area contributed by atoms with Gasteiger partial charge in [-0.05, 0) is 0 Å². The highest BCUT2D eigenvalue weighted by molar-refractivity contribution is 6.25. The SMILES string of the molecule is N#CC/C=C/Cl. The Morgan fingerprint density at radius 2 is 2.50 bits per heavy atom. The molecule has 0 atom stereocenters. The molecule has 0 aromatic carbocycles. The molecule has 0 heterocycles. The lowest BCUT2D eigenvalue weighted by Gasteiger charge is -1.61. The van der Waals surface area contributed by atoms with Crippen LogP contribution in [0.2, 0.25) is 0 Å². The van der Waals surface area contributed by atoms with Crippen LogP contribution in [-0.4, -0.2) is 0 Å². The maximum atomic E-state index is 7.84. The molecular formula is C4H4ClN. The van der Waals surface area contributed by atoms with E-state index in [1.165, 1.54) is 5.54 Å². The van der Waals surface area contributed by atoms with Crippen molar-refractivity contribution in [3.05, 3.63) is 11.6 Å². The lowest BCUT2D eigenvalue weighted by atomic mass is 10.5. The van der Waals surface area contributed by atoms with Crippen molar-refractivity contribution in [3.8, 4) is 6.07 Å². The first-order valence-corrected chi connectivity index (χ1v) is 1.97. The quantitative estimate of drug-likeness (QED) is 0.493. The van der Waals surface area contributed by atoms with Crippen LogP contribution in [0.3, 0.4) is 0 Å². The van der Waals surface area contributed by atoms with Crippen LogP contribution in [0.4, 0.5) is 0 Å². The van der Waals surface area contributed by atoms with Crippen LogP contribution in [0, 0.1) is 11.3 Å². The van der Waals surface area contributed by atoms with Crippen LogP contribution in [0.25, 0.3) is 0 Å². The Kier molecular flexibility index (Phi) is 4.16. The van der Waals surface area contributed by atoms with Gasteiger partial charge < -0.3 is 0 Å². The number of nitrogens with zero attached hydrogens (tertiary/aromatic N) is 1. The molecule has 0 aliphatic heterocycles. The zero-order valence-electron chi connectivity index (χ0n) is 3.19. The fraction of sp³-hybridized carbons (Fsp3) is 0.250. The van der Waals surface area contributed by atoms with Crippen molar-refractivity contribution < 1.29 is 0 Å². The summed E-state index contributed by atoms with van der Waals surface area (Å²) >= 11 is 5.05. The number of nitriles is 1. The van der Waals surface area contributed by atoms with Crippen LogP contribution >= 0.6 is 11.6 Å². The zero-order chi connectivity index (χ0) is 4.83. The number of hydrogen-bond donors (Lipinski definition) is 0. The van der Waals surface area contributed by atoms with E-state index in [-0.39, 0.29) is 0 Å². The highest BCUT2D eigenvalue weighted by atomic mass is 35.5. The standard InChI is InChI=1S/C4H4ClN/c5-3-1-2-4-6/h1,3H,2H2/b3-1+. The van der Waals surface area contributed by atoms with Crippen LogP contribution in [0.5, 0.6) is 0 Å². The smallest absolute Gasteiger partial charge is 0.0663 e. The highest BCUT2D eigenvalue weighted by Crippen LogP contribution is 1.80. The highest BCUT2D eigenvalue weighted by Gasteiger charge is 1.62. The third kappa shape index (κ3) is 3.52. The summed E-state index contributed by atoms with van der Waals surface area (Å²) in [6.45, 7) is 0. The van der Waals surface area contributed by atoms with Gasteiger partial charge in [0.1, 0.15) is 0 Å². The molecule has 1 nitrogen and oxygen atoms in total. The molecule has 6 heavy (non-hydrogen) atoms. The van der Waals surface area contributed by atoms with Crippen molar-refractivity contribution in [2.75, 3.05) is 0 Å². The molecule has 2 heteroatoms. The minimum absolute atomic E-state index is 0.406. The van der Waals surface area contributed by atoms with E-state index >= 15 is 0 Å². The predicted molar refractivity (Wildman–Crippen MR) is 25.2 cm³/mol. The zero-order valence-corrected chi connectivity index (χ0v) is 3.94. The lowest BCUT2D eigenvalue weighted by molar-refractivity contribution is 1.36. The van der Waals surface area contributed by atoms with Gasteiger partial charge in [0.2, 0.25) is 0 Å². The Balaban J connectivity index is 2.92. The van der Waals surface area contributed by atoms with Gasteiger partial charge in [-0.25, -0.2) is 0 Å². The van der Waals surface area contributed by atoms with Crippen molar-refractivity contribution >= 4 is 11.6 Å². The normalized spacial score (nSPS) is 8.67. The molecule has 0 aromatic rings. The van der Waals surface area contributed by atoms with Crippen LogP contribution in [0.15, 0.2) is 11.6 Å². The molecule has 0 rings (SSSR count). The topological polar surface area (TPSA) is 23.8 Å². The molecule has 0 amide bonds. The Morgan fingerprint density at radius 3 is 2.67 bits per heavy atom. The number of halogens is 1. The summed E-state index contributed by atoms with van der Waals surface area (Å²) in [7, 11) is 0. The molecule has 0 radical (unpaired) electrons. The van der Waals surface area contributed by atoms with E-state index in [0.717, 1.165) is 0 Å². The third-order valence-corrected chi connectivity index (χ3v) is 0.476. The second-order valence-corrected chi connectivity index (χ2v) is 0.976. The van der Waals surface area contributed by atoms with E-state index < -0.39 is 0 Å². The third-order valence-electron chi connectivity index (χ3n) is 0.298. The van der Waals surface area contributed by atoms with Crippen LogP contribution < -0.4 is 0 Å². The van der Waals surface area contributed by atoms with Gasteiger partial charge in [0.25, 0.3) is 0 Å². The summed E-state index contributed by atoms with van der Waals surface area (Å²) in [5.41, 5.74) is 1.34. The molecule has 0 aliphatic rings. The molecule has 0 saturated carbocycles. The predicted octanol–water partition coefficient (Wildman–Crippen LogP) is 1.65. The fourth-order valence-electron chi connectivity index (χ4n) is 0.0972. The van der Waals surface area contributed by atoms with E-state index in [1.807, 2.05) is 6.07 Å². The summed E-state index contributed by atoms with van der Waals surface area (Å²) in [4.78, 5) is 0. The Hall–Kier alpha value is -0.480. The second kappa shape index (κ2) is 4.52. The number of rotatable bonds is 1. The summed E-state index contributed by atoms with van der Waals surface area (Å²) in [5.74, 6) is 0. The van der Waals surface area contributed by atoms with Crippen molar-refractivity contribution in [3.63, 3.8) is 0 Å². The monoisotopic (exact) mass is 101 g/mol. The number of hydrogen-bond acceptors (Lipinski definition) is 1. The molecule has 0 aliphatic carbocycles. The number of allylic oxidation sites excluding steroid dienone is 1. The van der Waals surface area contributed by atoms with Crippen LogP contribution in [-0.2, 0) is 0 Å². The van der Waals surface area contributed by atoms with E-state index in [2.05, 4.69) is 0 Å². The second-order valence-electron chi connectivity index (χ2n) is 0.724. The van der Waals surface area contributed by atoms with Gasteiger partial charge in [-0.3, -0.25) is 0 Å². The molecule has 0 N–H and O–H groups in total. The molecule has 32 valence electrons. The molecule has 0 aromatic heterocycles. The summed E-state index contributed by atoms with van der Waals surface area (Å²) in [6, 6.07) is 1.90. The van der Waals surface area contributed by atoms with Gasteiger partial charge in [0, 0.05) is 5.54 Å². The minimum Gasteiger partial charge on any atom is -0.198 e. The largest absolute Gasteiger partial charge is 0.198 e. The van der Waals surface area contributed by atoms with Gasteiger partial charge in [0.15, 0.2) is 0 Å². The maximum Gasteiger partial charge on any atom is 0.0663 e. The first-order chi connectivity index (χ1) is 2.91. The molecule has 0 spiro atoms. The van der Waals surface area contributed by atoms with E-state index in [1.54, 1.807) is 6.08 Å². The maximum absolute atomic E-state index is 7.84. The van der Waals surface area contributed by atoms with E-state index in [0.29, 0.717) is 6.42 Å². The Bertz CT molecular complexity index is 80.0. The van der Waals surface area contributed by atoms with Gasteiger partial charge in [-0.1, -0.05) is 17.7 Å². The molecule has 0 unspecified atom stereocenters. The van der Waals surface area contributed by atoms with Gasteiger partial charge >= 0.3 is 0 Å². The molecule has 0 saturated heterocycles. The summed E-state index contributed by atoms with van der Waals surface area (Å²) in [6.07, 6.45) is 1.99. The average molecular weight is 102 g/mol. The Morgan fingerprint density at radius 1 is 1.83 bits per heavy atom. The van der Waals surface area contributed by atoms with Gasteiger partial charge in [0.05, 0.1) is 12.5 Å². The summed E-state index contributed by atoms with van der Waals surface area (Å²) < 4.78 is 0. The molecule has 0 fully saturated rings. The lowest BCUT2D eigenvalue weighted by Crippen LogP contribution is -1.48. The van der Waals surface area contributed by atoms with Crippen molar-refractivity contribution in [1.82, 2.24) is 0 Å². The van der Waals surface area contributed by atoms with E-state index in [9.17, 15) is 0 Å². The molecular weight excluding hydrogens is 97.5 g/mol. The first kappa shape index (κ1) is 5.52. The fourth-order valence-corrected chi connectivity index (χ4v) is 0.186. The van der Waals surface area contributed by atoms with Crippen molar-refractivity contribution in [2.24, 2.45) is 0 Å². The van der Waals surface area contributed by atoms with Gasteiger partial charge in [-0.15, -0.1) is 0 Å². The first-order valence-electron chi connectivity index (χ1n) is 1.54. The van der Waals surface area contributed by atoms with Crippen LogP contribution in [0.1, 0.15) is 6.42 Å². The minimum atomic E-state index is 0.406. The molecule has 0 bridgehead atoms. The van der Waals surface area contributed by atoms with Crippen molar-refractivity contribution in [2.45, 2.75) is 6.42 Å².